The van der Waals surface area contributed by atoms with Gasteiger partial charge in [-0.2, -0.15) is 0 Å². The maximum absolute atomic E-state index is 11.2. The van der Waals surface area contributed by atoms with Crippen molar-refractivity contribution in [3.63, 3.8) is 0 Å². The van der Waals surface area contributed by atoms with Gasteiger partial charge in [0.25, 0.3) is 0 Å². The first-order valence-electron chi connectivity index (χ1n) is 7.25. The normalized spacial score (nSPS) is 18.8. The van der Waals surface area contributed by atoms with E-state index in [-0.39, 0.29) is 6.54 Å². The maximum Gasteiger partial charge on any atom is 0.312 e. The standard InChI is InChI=1S/C16H23NO2/c17-11-15(16(18)19)14-9-5-8-13(10-14)12-6-3-1-2-4-7-12/h5,8-10,12,15H,1-4,6-7,11,17H2,(H,18,19). The Hall–Kier alpha value is -1.35. The lowest BCUT2D eigenvalue weighted by atomic mass is 9.88. The molecule has 1 saturated carbocycles. The second-order valence-electron chi connectivity index (χ2n) is 5.49. The largest absolute Gasteiger partial charge is 0.481 e. The van der Waals surface area contributed by atoms with Gasteiger partial charge in [-0.1, -0.05) is 49.9 Å². The van der Waals surface area contributed by atoms with Crippen molar-refractivity contribution in [2.75, 3.05) is 6.54 Å². The molecule has 1 unspecified atom stereocenters. The van der Waals surface area contributed by atoms with E-state index in [2.05, 4.69) is 12.1 Å². The fourth-order valence-corrected chi connectivity index (χ4v) is 3.02. The Morgan fingerprint density at radius 2 is 1.95 bits per heavy atom. The van der Waals surface area contributed by atoms with Gasteiger partial charge in [0.1, 0.15) is 0 Å². The van der Waals surface area contributed by atoms with Crippen LogP contribution in [-0.4, -0.2) is 17.6 Å². The molecule has 1 aliphatic carbocycles. The van der Waals surface area contributed by atoms with E-state index >= 15 is 0 Å². The molecule has 1 fully saturated rings. The summed E-state index contributed by atoms with van der Waals surface area (Å²) in [6.45, 7) is 0.156. The summed E-state index contributed by atoms with van der Waals surface area (Å²) in [5, 5.41) is 9.19. The zero-order chi connectivity index (χ0) is 13.7. The molecule has 3 N–H and O–H groups in total. The van der Waals surface area contributed by atoms with E-state index in [1.807, 2.05) is 12.1 Å². The quantitative estimate of drug-likeness (QED) is 0.818. The number of benzene rings is 1. The molecular formula is C16H23NO2. The summed E-state index contributed by atoms with van der Waals surface area (Å²) in [5.41, 5.74) is 7.71. The zero-order valence-electron chi connectivity index (χ0n) is 11.3. The van der Waals surface area contributed by atoms with Crippen LogP contribution < -0.4 is 5.73 Å². The van der Waals surface area contributed by atoms with Gasteiger partial charge in [-0.05, 0) is 29.9 Å². The molecule has 19 heavy (non-hydrogen) atoms. The molecule has 2 rings (SSSR count). The average molecular weight is 261 g/mol. The third kappa shape index (κ3) is 3.57. The van der Waals surface area contributed by atoms with Gasteiger partial charge in [-0.3, -0.25) is 4.79 Å². The minimum Gasteiger partial charge on any atom is -0.481 e. The molecule has 0 amide bonds. The molecule has 0 spiro atoms. The lowest BCUT2D eigenvalue weighted by Crippen LogP contribution is -2.21. The van der Waals surface area contributed by atoms with E-state index in [4.69, 9.17) is 5.73 Å². The number of carbonyl (C=O) groups is 1. The summed E-state index contributed by atoms with van der Waals surface area (Å²) < 4.78 is 0. The van der Waals surface area contributed by atoms with Crippen LogP contribution in [-0.2, 0) is 4.79 Å². The number of carboxylic acid groups (broad SMARTS) is 1. The van der Waals surface area contributed by atoms with Gasteiger partial charge in [0.2, 0.25) is 0 Å². The Morgan fingerprint density at radius 1 is 1.26 bits per heavy atom. The Balaban J connectivity index is 2.20. The highest BCUT2D eigenvalue weighted by atomic mass is 16.4. The summed E-state index contributed by atoms with van der Waals surface area (Å²) in [4.78, 5) is 11.2. The first kappa shape index (κ1) is 14.1. The van der Waals surface area contributed by atoms with Crippen LogP contribution >= 0.6 is 0 Å². The Labute approximate surface area is 114 Å². The lowest BCUT2D eigenvalue weighted by Gasteiger charge is -2.17. The van der Waals surface area contributed by atoms with Gasteiger partial charge < -0.3 is 10.8 Å². The number of rotatable bonds is 4. The van der Waals surface area contributed by atoms with Crippen LogP contribution in [0.5, 0.6) is 0 Å². The van der Waals surface area contributed by atoms with E-state index in [1.165, 1.54) is 44.1 Å². The van der Waals surface area contributed by atoms with Gasteiger partial charge in [-0.25, -0.2) is 0 Å². The highest BCUT2D eigenvalue weighted by Gasteiger charge is 2.20. The summed E-state index contributed by atoms with van der Waals surface area (Å²) in [6.07, 6.45) is 7.68. The molecule has 0 aliphatic heterocycles. The molecule has 104 valence electrons. The maximum atomic E-state index is 11.2. The second-order valence-corrected chi connectivity index (χ2v) is 5.49. The molecule has 0 aromatic heterocycles. The molecule has 0 radical (unpaired) electrons. The predicted octanol–water partition coefficient (Wildman–Crippen LogP) is 3.25. The van der Waals surface area contributed by atoms with E-state index in [0.717, 1.165) is 5.56 Å². The fraction of sp³-hybridized carbons (Fsp3) is 0.562. The van der Waals surface area contributed by atoms with Gasteiger partial charge >= 0.3 is 5.97 Å². The fourth-order valence-electron chi connectivity index (χ4n) is 3.02. The summed E-state index contributed by atoms with van der Waals surface area (Å²) >= 11 is 0. The Morgan fingerprint density at radius 3 is 2.53 bits per heavy atom. The lowest BCUT2D eigenvalue weighted by molar-refractivity contribution is -0.138. The Bertz CT molecular complexity index is 423. The summed E-state index contributed by atoms with van der Waals surface area (Å²) in [5.74, 6) is -0.819. The number of carboxylic acids is 1. The smallest absolute Gasteiger partial charge is 0.312 e. The van der Waals surface area contributed by atoms with Gasteiger partial charge in [0.05, 0.1) is 5.92 Å². The molecule has 1 atom stereocenters. The number of aliphatic carboxylic acids is 1. The third-order valence-corrected chi connectivity index (χ3v) is 4.17. The van der Waals surface area contributed by atoms with Crippen LogP contribution in [0.1, 0.15) is 61.5 Å². The predicted molar refractivity (Wildman–Crippen MR) is 76.3 cm³/mol. The summed E-state index contributed by atoms with van der Waals surface area (Å²) in [6, 6.07) is 8.05. The van der Waals surface area contributed by atoms with Crippen LogP contribution in [0.3, 0.4) is 0 Å². The average Bonchev–Trinajstić information content (AvgIpc) is 2.68. The summed E-state index contributed by atoms with van der Waals surface area (Å²) in [7, 11) is 0. The van der Waals surface area contributed by atoms with Crippen molar-refractivity contribution in [2.24, 2.45) is 5.73 Å². The molecule has 1 aromatic carbocycles. The van der Waals surface area contributed by atoms with Crippen molar-refractivity contribution in [2.45, 2.75) is 50.4 Å². The first-order valence-corrected chi connectivity index (χ1v) is 7.25. The minimum absolute atomic E-state index is 0.156. The highest BCUT2D eigenvalue weighted by Crippen LogP contribution is 2.32. The van der Waals surface area contributed by atoms with E-state index in [9.17, 15) is 9.90 Å². The molecule has 0 heterocycles. The van der Waals surface area contributed by atoms with Crippen molar-refractivity contribution in [1.29, 1.82) is 0 Å². The van der Waals surface area contributed by atoms with Crippen molar-refractivity contribution in [3.8, 4) is 0 Å². The molecule has 3 nitrogen and oxygen atoms in total. The third-order valence-electron chi connectivity index (χ3n) is 4.17. The first-order chi connectivity index (χ1) is 9.22. The van der Waals surface area contributed by atoms with Gasteiger partial charge in [0, 0.05) is 6.54 Å². The SMILES string of the molecule is NCC(C(=O)O)c1cccc(C2CCCCCC2)c1. The van der Waals surface area contributed by atoms with Gasteiger partial charge in [-0.15, -0.1) is 0 Å². The molecule has 1 aliphatic rings. The second kappa shape index (κ2) is 6.71. The van der Waals surface area contributed by atoms with Crippen molar-refractivity contribution < 1.29 is 9.90 Å². The van der Waals surface area contributed by atoms with Crippen molar-refractivity contribution >= 4 is 5.97 Å². The van der Waals surface area contributed by atoms with E-state index in [1.54, 1.807) is 0 Å². The van der Waals surface area contributed by atoms with Crippen molar-refractivity contribution in [1.82, 2.24) is 0 Å². The van der Waals surface area contributed by atoms with Crippen molar-refractivity contribution in [3.05, 3.63) is 35.4 Å². The molecular weight excluding hydrogens is 238 g/mol. The van der Waals surface area contributed by atoms with Crippen LogP contribution in [0, 0.1) is 0 Å². The zero-order valence-corrected chi connectivity index (χ0v) is 11.3. The topological polar surface area (TPSA) is 63.3 Å². The molecule has 0 bridgehead atoms. The van der Waals surface area contributed by atoms with Crippen LogP contribution in [0.15, 0.2) is 24.3 Å². The highest BCUT2D eigenvalue weighted by molar-refractivity contribution is 5.76. The van der Waals surface area contributed by atoms with Crippen LogP contribution in [0.4, 0.5) is 0 Å². The van der Waals surface area contributed by atoms with E-state index in [0.29, 0.717) is 5.92 Å². The monoisotopic (exact) mass is 261 g/mol. The molecule has 3 heteroatoms. The van der Waals surface area contributed by atoms with Gasteiger partial charge in [0.15, 0.2) is 0 Å². The minimum atomic E-state index is -0.833. The van der Waals surface area contributed by atoms with E-state index < -0.39 is 11.9 Å². The molecule has 0 saturated heterocycles. The van der Waals surface area contributed by atoms with Crippen LogP contribution in [0.2, 0.25) is 0 Å². The number of nitrogens with two attached hydrogens (primary N) is 1. The Kier molecular flexibility index (Phi) is 4.97. The molecule has 1 aromatic rings. The number of hydrogen-bond donors (Lipinski definition) is 2. The van der Waals surface area contributed by atoms with Crippen LogP contribution in [0.25, 0.3) is 0 Å². The number of hydrogen-bond acceptors (Lipinski definition) is 2.